The fraction of sp³-hybridized carbons (Fsp3) is 0.867. The van der Waals surface area contributed by atoms with Crippen LogP contribution in [0.1, 0.15) is 53.4 Å². The van der Waals surface area contributed by atoms with Gasteiger partial charge in [0.15, 0.2) is 5.66 Å². The van der Waals surface area contributed by atoms with E-state index in [1.807, 2.05) is 32.6 Å². The number of nitrogens with one attached hydrogen (secondary N) is 1. The number of rotatable bonds is 4. The lowest BCUT2D eigenvalue weighted by atomic mass is 10.0. The molecule has 0 aromatic heterocycles. The molecule has 2 amide bonds. The average Bonchev–Trinajstić information content (AvgIpc) is 3.13. The van der Waals surface area contributed by atoms with Crippen LogP contribution in [0.5, 0.6) is 0 Å². The first-order valence-corrected chi connectivity index (χ1v) is 7.88. The normalized spacial score (nSPS) is 20.6. The number of amides is 2. The van der Waals surface area contributed by atoms with Crippen molar-refractivity contribution in [3.05, 3.63) is 0 Å². The van der Waals surface area contributed by atoms with Crippen molar-refractivity contribution in [1.82, 2.24) is 10.2 Å². The summed E-state index contributed by atoms with van der Waals surface area (Å²) in [5, 5.41) is 10.7. The van der Waals surface area contributed by atoms with Gasteiger partial charge in [-0.3, -0.25) is 4.79 Å². The number of hydrogen-bond acceptors (Lipinski definition) is 5. The fourth-order valence-electron chi connectivity index (χ4n) is 2.43. The molecule has 2 heterocycles. The molecule has 2 aliphatic heterocycles. The molecule has 0 aromatic carbocycles. The van der Waals surface area contributed by atoms with Crippen LogP contribution < -0.4 is 5.32 Å². The second kappa shape index (κ2) is 6.22. The minimum absolute atomic E-state index is 0.0739. The van der Waals surface area contributed by atoms with Crippen molar-refractivity contribution in [2.24, 2.45) is 10.2 Å². The first-order chi connectivity index (χ1) is 10.2. The number of nitrogens with zero attached hydrogens (tertiary/aromatic N) is 3. The van der Waals surface area contributed by atoms with Gasteiger partial charge in [0.25, 0.3) is 0 Å². The van der Waals surface area contributed by atoms with E-state index in [0.29, 0.717) is 25.9 Å². The third kappa shape index (κ3) is 5.27. The van der Waals surface area contributed by atoms with E-state index < -0.39 is 5.60 Å². The minimum atomic E-state index is -0.490. The van der Waals surface area contributed by atoms with Gasteiger partial charge in [0, 0.05) is 32.0 Å². The number of likely N-dealkylation sites (tertiary alicyclic amines) is 1. The van der Waals surface area contributed by atoms with E-state index in [9.17, 15) is 9.59 Å². The van der Waals surface area contributed by atoms with E-state index in [1.165, 1.54) is 0 Å². The molecule has 0 atom stereocenters. The van der Waals surface area contributed by atoms with Crippen molar-refractivity contribution in [3.8, 4) is 0 Å². The van der Waals surface area contributed by atoms with Gasteiger partial charge in [-0.25, -0.2) is 4.79 Å². The highest BCUT2D eigenvalue weighted by Gasteiger charge is 2.35. The fourth-order valence-corrected chi connectivity index (χ4v) is 2.43. The van der Waals surface area contributed by atoms with E-state index in [-0.39, 0.29) is 23.7 Å². The molecule has 0 unspecified atom stereocenters. The molecular formula is C15H26N4O3. The summed E-state index contributed by atoms with van der Waals surface area (Å²) in [6.45, 7) is 8.79. The molecule has 7 nitrogen and oxygen atoms in total. The second-order valence-electron chi connectivity index (χ2n) is 7.22. The highest BCUT2D eigenvalue weighted by molar-refractivity contribution is 5.76. The van der Waals surface area contributed by atoms with Crippen molar-refractivity contribution < 1.29 is 14.3 Å². The van der Waals surface area contributed by atoms with E-state index in [1.54, 1.807) is 0 Å². The number of ether oxygens (including phenoxy) is 1. The van der Waals surface area contributed by atoms with Gasteiger partial charge < -0.3 is 15.0 Å². The second-order valence-corrected chi connectivity index (χ2v) is 7.22. The Bertz CT molecular complexity index is 456. The Kier molecular flexibility index (Phi) is 4.72. The number of piperidine rings is 1. The van der Waals surface area contributed by atoms with Crippen LogP contribution in [0.4, 0.5) is 4.79 Å². The molecule has 0 spiro atoms. The Morgan fingerprint density at radius 2 is 1.86 bits per heavy atom. The quantitative estimate of drug-likeness (QED) is 0.865. The van der Waals surface area contributed by atoms with Crippen LogP contribution in [0.3, 0.4) is 0 Å². The topological polar surface area (TPSA) is 83.4 Å². The van der Waals surface area contributed by atoms with E-state index in [2.05, 4.69) is 15.5 Å². The Balaban J connectivity index is 1.66. The molecule has 0 aliphatic carbocycles. The van der Waals surface area contributed by atoms with E-state index in [4.69, 9.17) is 4.74 Å². The molecule has 1 fully saturated rings. The van der Waals surface area contributed by atoms with Gasteiger partial charge in [0.1, 0.15) is 5.60 Å². The zero-order chi connectivity index (χ0) is 16.4. The van der Waals surface area contributed by atoms with Crippen LogP contribution in [0, 0.1) is 0 Å². The Morgan fingerprint density at radius 3 is 2.36 bits per heavy atom. The molecule has 0 radical (unpaired) electrons. The SMILES string of the molecule is CC1(CCC(=O)N2CCC(NC(=O)OC(C)(C)C)CC2)N=N1. The molecule has 0 aromatic rings. The predicted octanol–water partition coefficient (Wildman–Crippen LogP) is 2.46. The summed E-state index contributed by atoms with van der Waals surface area (Å²) in [5.74, 6) is 0.147. The number of carbonyl (C=O) groups excluding carboxylic acids is 2. The lowest BCUT2D eigenvalue weighted by Crippen LogP contribution is -2.47. The molecule has 2 rings (SSSR count). The van der Waals surface area contributed by atoms with Gasteiger partial charge in [-0.1, -0.05) is 0 Å². The first-order valence-electron chi connectivity index (χ1n) is 7.88. The van der Waals surface area contributed by atoms with Crippen LogP contribution in [0.15, 0.2) is 10.2 Å². The Hall–Kier alpha value is -1.66. The predicted molar refractivity (Wildman–Crippen MR) is 81.5 cm³/mol. The minimum Gasteiger partial charge on any atom is -0.444 e. The summed E-state index contributed by atoms with van der Waals surface area (Å²) in [4.78, 5) is 25.7. The van der Waals surface area contributed by atoms with E-state index in [0.717, 1.165) is 12.8 Å². The number of alkyl carbamates (subject to hydrolysis) is 1. The van der Waals surface area contributed by atoms with Crippen LogP contribution in [0.25, 0.3) is 0 Å². The molecule has 22 heavy (non-hydrogen) atoms. The van der Waals surface area contributed by atoms with Crippen LogP contribution >= 0.6 is 0 Å². The number of carbonyl (C=O) groups is 2. The van der Waals surface area contributed by atoms with Crippen molar-refractivity contribution >= 4 is 12.0 Å². The van der Waals surface area contributed by atoms with Crippen molar-refractivity contribution in [2.75, 3.05) is 13.1 Å². The van der Waals surface area contributed by atoms with Crippen molar-refractivity contribution in [1.29, 1.82) is 0 Å². The standard InChI is InChI=1S/C15H26N4O3/c1-14(2,3)22-13(21)16-11-6-9-19(10-7-11)12(20)5-8-15(4)17-18-15/h11H,5-10H2,1-4H3,(H,16,21). The molecule has 2 aliphatic rings. The van der Waals surface area contributed by atoms with Crippen molar-refractivity contribution in [2.45, 2.75) is 70.7 Å². The molecule has 1 saturated heterocycles. The summed E-state index contributed by atoms with van der Waals surface area (Å²) in [6, 6.07) is 0.0739. The highest BCUT2D eigenvalue weighted by Crippen LogP contribution is 2.32. The number of hydrogen-bond donors (Lipinski definition) is 1. The first kappa shape index (κ1) is 16.7. The summed E-state index contributed by atoms with van der Waals surface area (Å²) in [5.41, 5.74) is -0.804. The summed E-state index contributed by atoms with van der Waals surface area (Å²) in [7, 11) is 0. The van der Waals surface area contributed by atoms with Gasteiger partial charge in [0.2, 0.25) is 5.91 Å². The average molecular weight is 310 g/mol. The van der Waals surface area contributed by atoms with Gasteiger partial charge in [-0.15, -0.1) is 0 Å². The van der Waals surface area contributed by atoms with Crippen molar-refractivity contribution in [3.63, 3.8) is 0 Å². The zero-order valence-electron chi connectivity index (χ0n) is 13.9. The maximum absolute atomic E-state index is 12.1. The monoisotopic (exact) mass is 310 g/mol. The molecule has 124 valence electrons. The summed E-state index contributed by atoms with van der Waals surface area (Å²) >= 11 is 0. The maximum Gasteiger partial charge on any atom is 0.407 e. The Labute approximate surface area is 131 Å². The van der Waals surface area contributed by atoms with Crippen LogP contribution in [-0.2, 0) is 9.53 Å². The van der Waals surface area contributed by atoms with Gasteiger partial charge in [0.05, 0.1) is 0 Å². The lowest BCUT2D eigenvalue weighted by Gasteiger charge is -2.33. The molecule has 1 N–H and O–H groups in total. The van der Waals surface area contributed by atoms with E-state index >= 15 is 0 Å². The highest BCUT2D eigenvalue weighted by atomic mass is 16.6. The summed E-state index contributed by atoms with van der Waals surface area (Å²) in [6.07, 6.45) is 2.30. The molecule has 0 saturated carbocycles. The third-order valence-corrected chi connectivity index (χ3v) is 3.82. The molecular weight excluding hydrogens is 284 g/mol. The lowest BCUT2D eigenvalue weighted by molar-refractivity contribution is -0.132. The Morgan fingerprint density at radius 1 is 1.27 bits per heavy atom. The third-order valence-electron chi connectivity index (χ3n) is 3.82. The largest absolute Gasteiger partial charge is 0.444 e. The maximum atomic E-state index is 12.1. The summed E-state index contributed by atoms with van der Waals surface area (Å²) < 4.78 is 5.25. The molecule has 7 heteroatoms. The smallest absolute Gasteiger partial charge is 0.407 e. The molecule has 0 bridgehead atoms. The zero-order valence-corrected chi connectivity index (χ0v) is 13.9. The van der Waals surface area contributed by atoms with Gasteiger partial charge >= 0.3 is 6.09 Å². The van der Waals surface area contributed by atoms with Gasteiger partial charge in [-0.2, -0.15) is 10.2 Å². The van der Waals surface area contributed by atoms with Crippen LogP contribution in [-0.4, -0.2) is 47.3 Å². The van der Waals surface area contributed by atoms with Crippen LogP contribution in [0.2, 0.25) is 0 Å². The van der Waals surface area contributed by atoms with Gasteiger partial charge in [-0.05, 0) is 40.5 Å².